The summed E-state index contributed by atoms with van der Waals surface area (Å²) in [5.41, 5.74) is 0.874. The van der Waals surface area contributed by atoms with Gasteiger partial charge in [-0.1, -0.05) is 11.3 Å². The average molecular weight is 463 g/mol. The van der Waals surface area contributed by atoms with E-state index in [1.54, 1.807) is 7.05 Å². The van der Waals surface area contributed by atoms with Crippen molar-refractivity contribution >= 4 is 59.6 Å². The molecule has 1 amide bonds. The number of carbonyl (C=O) groups is 1. The monoisotopic (exact) mass is 462 g/mol. The lowest BCUT2D eigenvalue weighted by atomic mass is 10.3. The summed E-state index contributed by atoms with van der Waals surface area (Å²) in [5, 5.41) is 7.65. The third-order valence-corrected chi connectivity index (χ3v) is 5.49. The fraction of sp³-hybridized carbons (Fsp3) is 0.235. The molecule has 0 saturated carbocycles. The molecular weight excluding hydrogens is 448 g/mol. The molecule has 0 bridgehead atoms. The number of halogens is 1. The Bertz CT molecular complexity index is 1260. The predicted molar refractivity (Wildman–Crippen MR) is 110 cm³/mol. The fourth-order valence-corrected chi connectivity index (χ4v) is 4.27. The Kier molecular flexibility index (Phi) is 4.85. The average Bonchev–Trinajstić information content (AvgIpc) is 3.17. The summed E-state index contributed by atoms with van der Waals surface area (Å²) in [4.78, 5) is 33.6. The molecule has 4 rings (SSSR count). The number of benzene rings is 1. The van der Waals surface area contributed by atoms with Crippen molar-refractivity contribution in [2.24, 2.45) is 7.05 Å². The topological polar surface area (TPSA) is 104 Å². The lowest BCUT2D eigenvalue weighted by Crippen LogP contribution is -2.27. The van der Waals surface area contributed by atoms with Gasteiger partial charge in [0, 0.05) is 7.05 Å². The third-order valence-electron chi connectivity index (χ3n) is 4.00. The molecule has 9 nitrogen and oxygen atoms in total. The van der Waals surface area contributed by atoms with Gasteiger partial charge in [-0.05, 0) is 41.1 Å². The quantitative estimate of drug-likeness (QED) is 0.488. The summed E-state index contributed by atoms with van der Waals surface area (Å²) < 4.78 is 9.52. The Balaban J connectivity index is 1.55. The molecule has 3 aromatic heterocycles. The van der Waals surface area contributed by atoms with Crippen molar-refractivity contribution in [3.05, 3.63) is 39.5 Å². The van der Waals surface area contributed by atoms with Crippen LogP contribution in [0.25, 0.3) is 21.3 Å². The maximum absolute atomic E-state index is 12.6. The number of rotatable bonds is 5. The second-order valence-electron chi connectivity index (χ2n) is 5.92. The maximum Gasteiger partial charge on any atom is 0.266 e. The molecule has 0 spiro atoms. The number of nitrogens with zero attached hydrogens (tertiary/aromatic N) is 5. The Morgan fingerprint density at radius 1 is 1.39 bits per heavy atom. The largest absolute Gasteiger partial charge is 0.494 e. The fourth-order valence-electron chi connectivity index (χ4n) is 2.78. The molecule has 0 unspecified atom stereocenters. The first-order valence-corrected chi connectivity index (χ1v) is 9.98. The van der Waals surface area contributed by atoms with E-state index < -0.39 is 0 Å². The molecule has 0 aliphatic heterocycles. The van der Waals surface area contributed by atoms with Gasteiger partial charge < -0.3 is 10.1 Å². The lowest BCUT2D eigenvalue weighted by molar-refractivity contribution is -0.116. The molecule has 0 fully saturated rings. The second-order valence-corrected chi connectivity index (χ2v) is 7.70. The highest BCUT2D eigenvalue weighted by Crippen LogP contribution is 2.29. The van der Waals surface area contributed by atoms with Crippen molar-refractivity contribution in [2.45, 2.75) is 13.5 Å². The summed E-state index contributed by atoms with van der Waals surface area (Å²) in [6.07, 6.45) is 1.34. The van der Waals surface area contributed by atoms with Gasteiger partial charge in [0.2, 0.25) is 5.91 Å². The first-order chi connectivity index (χ1) is 13.5. The van der Waals surface area contributed by atoms with Crippen LogP contribution in [0.4, 0.5) is 5.13 Å². The van der Waals surface area contributed by atoms with Crippen molar-refractivity contribution in [2.75, 3.05) is 11.9 Å². The van der Waals surface area contributed by atoms with Gasteiger partial charge in [0.15, 0.2) is 10.8 Å². The third kappa shape index (κ3) is 3.38. The molecule has 0 saturated heterocycles. The van der Waals surface area contributed by atoms with Crippen LogP contribution in [0.5, 0.6) is 5.75 Å². The lowest BCUT2D eigenvalue weighted by Gasteiger charge is -2.05. The highest BCUT2D eigenvalue weighted by molar-refractivity contribution is 9.10. The van der Waals surface area contributed by atoms with E-state index in [9.17, 15) is 9.59 Å². The van der Waals surface area contributed by atoms with E-state index in [-0.39, 0.29) is 18.0 Å². The van der Waals surface area contributed by atoms with Crippen LogP contribution in [0.3, 0.4) is 0 Å². The number of hydrogen-bond acceptors (Lipinski definition) is 7. The summed E-state index contributed by atoms with van der Waals surface area (Å²) in [6, 6.07) is 5.56. The minimum absolute atomic E-state index is 0.177. The SMILES string of the molecule is CCOc1ccc2nc(NC(=O)Cn3cnc4c(c(Br)nn4C)c3=O)sc2c1. The molecule has 28 heavy (non-hydrogen) atoms. The van der Waals surface area contributed by atoms with E-state index in [0.29, 0.717) is 27.4 Å². The zero-order chi connectivity index (χ0) is 19.8. The number of carbonyl (C=O) groups excluding carboxylic acids is 1. The zero-order valence-corrected chi connectivity index (χ0v) is 17.4. The van der Waals surface area contributed by atoms with E-state index in [2.05, 4.69) is 36.3 Å². The standard InChI is InChI=1S/C17H15BrN6O3S/c1-3-27-9-4-5-10-11(6-9)28-17(20-10)21-12(25)7-24-8-19-15-13(16(24)26)14(18)22-23(15)2/h4-6,8H,3,7H2,1-2H3,(H,20,21,25). The molecule has 0 atom stereocenters. The maximum atomic E-state index is 12.6. The normalized spacial score (nSPS) is 11.2. The molecular formula is C17H15BrN6O3S. The summed E-state index contributed by atoms with van der Waals surface area (Å²) in [5.74, 6) is 0.386. The van der Waals surface area contributed by atoms with Crippen molar-refractivity contribution < 1.29 is 9.53 Å². The summed E-state index contributed by atoms with van der Waals surface area (Å²) in [7, 11) is 1.70. The molecule has 4 aromatic rings. The minimum atomic E-state index is -0.368. The van der Waals surface area contributed by atoms with E-state index in [1.165, 1.54) is 26.9 Å². The molecule has 0 aliphatic carbocycles. The minimum Gasteiger partial charge on any atom is -0.494 e. The first-order valence-electron chi connectivity index (χ1n) is 8.37. The van der Waals surface area contributed by atoms with Crippen LogP contribution in [0.1, 0.15) is 6.92 Å². The highest BCUT2D eigenvalue weighted by Gasteiger charge is 2.16. The van der Waals surface area contributed by atoms with Crippen LogP contribution in [-0.4, -0.2) is 36.8 Å². The molecule has 0 aliphatic rings. The number of fused-ring (bicyclic) bond motifs is 2. The highest BCUT2D eigenvalue weighted by atomic mass is 79.9. The van der Waals surface area contributed by atoms with E-state index >= 15 is 0 Å². The van der Waals surface area contributed by atoms with Crippen LogP contribution in [0.2, 0.25) is 0 Å². The number of aryl methyl sites for hydroxylation is 1. The summed E-state index contributed by atoms with van der Waals surface area (Å²) >= 11 is 4.60. The first kappa shape index (κ1) is 18.6. The second kappa shape index (κ2) is 7.32. The number of ether oxygens (including phenoxy) is 1. The number of aromatic nitrogens is 5. The molecule has 144 valence electrons. The van der Waals surface area contributed by atoms with Gasteiger partial charge in [-0.25, -0.2) is 14.6 Å². The molecule has 0 radical (unpaired) electrons. The van der Waals surface area contributed by atoms with Gasteiger partial charge in [0.05, 0.1) is 16.8 Å². The van der Waals surface area contributed by atoms with Gasteiger partial charge in [-0.3, -0.25) is 14.2 Å². The smallest absolute Gasteiger partial charge is 0.266 e. The molecule has 11 heteroatoms. The Morgan fingerprint density at radius 3 is 3.00 bits per heavy atom. The van der Waals surface area contributed by atoms with E-state index in [4.69, 9.17) is 4.74 Å². The number of anilines is 1. The van der Waals surface area contributed by atoms with Crippen molar-refractivity contribution in [3.8, 4) is 5.75 Å². The Hall–Kier alpha value is -2.79. The Labute approximate surface area is 171 Å². The van der Waals surface area contributed by atoms with Crippen LogP contribution in [0.15, 0.2) is 33.9 Å². The van der Waals surface area contributed by atoms with Crippen molar-refractivity contribution in [3.63, 3.8) is 0 Å². The van der Waals surface area contributed by atoms with E-state index in [1.807, 2.05) is 25.1 Å². The van der Waals surface area contributed by atoms with Crippen molar-refractivity contribution in [1.29, 1.82) is 0 Å². The molecule has 1 N–H and O–H groups in total. The summed E-state index contributed by atoms with van der Waals surface area (Å²) in [6.45, 7) is 2.32. The molecule has 1 aromatic carbocycles. The number of thiazole rings is 1. The van der Waals surface area contributed by atoms with Crippen LogP contribution < -0.4 is 15.6 Å². The Morgan fingerprint density at radius 2 is 2.21 bits per heavy atom. The number of nitrogens with one attached hydrogen (secondary N) is 1. The van der Waals surface area contributed by atoms with Crippen molar-refractivity contribution in [1.82, 2.24) is 24.3 Å². The number of amides is 1. The van der Waals surface area contributed by atoms with Gasteiger partial charge in [-0.2, -0.15) is 5.10 Å². The van der Waals surface area contributed by atoms with Crippen LogP contribution in [-0.2, 0) is 18.4 Å². The predicted octanol–water partition coefficient (Wildman–Crippen LogP) is 2.54. The van der Waals surface area contributed by atoms with Gasteiger partial charge in [0.1, 0.15) is 28.6 Å². The molecule has 3 heterocycles. The number of hydrogen-bond donors (Lipinski definition) is 1. The van der Waals surface area contributed by atoms with Gasteiger partial charge in [-0.15, -0.1) is 0 Å². The van der Waals surface area contributed by atoms with E-state index in [0.717, 1.165) is 16.0 Å². The van der Waals surface area contributed by atoms with Gasteiger partial charge >= 0.3 is 0 Å². The van der Waals surface area contributed by atoms with Gasteiger partial charge in [0.25, 0.3) is 5.56 Å². The van der Waals surface area contributed by atoms with Crippen LogP contribution >= 0.6 is 27.3 Å². The van der Waals surface area contributed by atoms with Crippen LogP contribution in [0, 0.1) is 0 Å². The zero-order valence-electron chi connectivity index (χ0n) is 15.0.